The average molecular weight is 317 g/mol. The van der Waals surface area contributed by atoms with E-state index in [1.165, 1.54) is 0 Å². The van der Waals surface area contributed by atoms with E-state index in [-0.39, 0.29) is 0 Å². The maximum atomic E-state index is 5.62. The van der Waals surface area contributed by atoms with Crippen LogP contribution in [-0.2, 0) is 13.1 Å². The van der Waals surface area contributed by atoms with Crippen LogP contribution in [0.15, 0.2) is 33.8 Å². The number of nitrogens with one attached hydrogen (secondary N) is 2. The van der Waals surface area contributed by atoms with Gasteiger partial charge in [-0.25, -0.2) is 4.99 Å². The maximum absolute atomic E-state index is 5.62. The zero-order valence-corrected chi connectivity index (χ0v) is 13.8. The number of guanidine groups is 1. The summed E-state index contributed by atoms with van der Waals surface area (Å²) in [5.74, 6) is 2.71. The highest BCUT2D eigenvalue weighted by atomic mass is 16.5. The highest BCUT2D eigenvalue weighted by molar-refractivity contribution is 5.79. The molecule has 0 aliphatic carbocycles. The molecule has 2 aromatic rings. The molecular formula is C16H23N5O2. The molecule has 0 fully saturated rings. The van der Waals surface area contributed by atoms with Gasteiger partial charge < -0.3 is 19.9 Å². The van der Waals surface area contributed by atoms with Crippen LogP contribution in [0.4, 0.5) is 0 Å². The fourth-order valence-electron chi connectivity index (χ4n) is 2.01. The fraction of sp³-hybridized carbons (Fsp3) is 0.438. The van der Waals surface area contributed by atoms with Gasteiger partial charge in [0.2, 0.25) is 5.89 Å². The number of hydrogen-bond acceptors (Lipinski definition) is 5. The summed E-state index contributed by atoms with van der Waals surface area (Å²) in [4.78, 5) is 8.73. The van der Waals surface area contributed by atoms with Crippen molar-refractivity contribution in [2.75, 3.05) is 13.2 Å². The lowest BCUT2D eigenvalue weighted by atomic mass is 10.2. The summed E-state index contributed by atoms with van der Waals surface area (Å²) >= 11 is 0. The van der Waals surface area contributed by atoms with Crippen LogP contribution in [-0.4, -0.2) is 29.3 Å². The summed E-state index contributed by atoms with van der Waals surface area (Å²) in [7, 11) is 0. The van der Waals surface area contributed by atoms with Gasteiger partial charge >= 0.3 is 0 Å². The van der Waals surface area contributed by atoms with E-state index in [0.717, 1.165) is 17.9 Å². The summed E-state index contributed by atoms with van der Waals surface area (Å²) in [5.41, 5.74) is 1.04. The van der Waals surface area contributed by atoms with E-state index in [2.05, 4.69) is 25.8 Å². The number of rotatable bonds is 7. The SMILES string of the molecule is CCNC(=NCc1ccccc1OCC)NCc1noc(C)n1. The number of ether oxygens (including phenoxy) is 1. The molecule has 0 atom stereocenters. The smallest absolute Gasteiger partial charge is 0.223 e. The van der Waals surface area contributed by atoms with E-state index in [4.69, 9.17) is 9.26 Å². The normalized spacial score (nSPS) is 11.3. The predicted molar refractivity (Wildman–Crippen MR) is 88.3 cm³/mol. The van der Waals surface area contributed by atoms with Gasteiger partial charge in [-0.3, -0.25) is 0 Å². The van der Waals surface area contributed by atoms with Gasteiger partial charge in [0.05, 0.1) is 19.7 Å². The second-order valence-corrected chi connectivity index (χ2v) is 4.82. The lowest BCUT2D eigenvalue weighted by Crippen LogP contribution is -2.37. The largest absolute Gasteiger partial charge is 0.494 e. The van der Waals surface area contributed by atoms with Gasteiger partial charge in [0.25, 0.3) is 0 Å². The molecule has 0 unspecified atom stereocenters. The summed E-state index contributed by atoms with van der Waals surface area (Å²) in [6, 6.07) is 7.91. The molecule has 0 aliphatic rings. The number of hydrogen-bond donors (Lipinski definition) is 2. The second-order valence-electron chi connectivity index (χ2n) is 4.82. The average Bonchev–Trinajstić information content (AvgIpc) is 2.97. The molecule has 0 bridgehead atoms. The third-order valence-electron chi connectivity index (χ3n) is 3.01. The number of aliphatic imine (C=N–C) groups is 1. The van der Waals surface area contributed by atoms with Crippen LogP contribution in [0.2, 0.25) is 0 Å². The fourth-order valence-corrected chi connectivity index (χ4v) is 2.01. The first-order chi connectivity index (χ1) is 11.2. The summed E-state index contributed by atoms with van der Waals surface area (Å²) in [6.45, 7) is 8.14. The molecule has 0 radical (unpaired) electrons. The third-order valence-corrected chi connectivity index (χ3v) is 3.01. The summed E-state index contributed by atoms with van der Waals surface area (Å²) in [5, 5.41) is 10.2. The van der Waals surface area contributed by atoms with E-state index < -0.39 is 0 Å². The topological polar surface area (TPSA) is 84.6 Å². The molecule has 124 valence electrons. The van der Waals surface area contributed by atoms with E-state index in [1.54, 1.807) is 6.92 Å². The Balaban J connectivity index is 2.00. The predicted octanol–water partition coefficient (Wildman–Crippen LogP) is 2.03. The minimum Gasteiger partial charge on any atom is -0.494 e. The Hall–Kier alpha value is -2.57. The second kappa shape index (κ2) is 8.77. The van der Waals surface area contributed by atoms with Crippen LogP contribution >= 0.6 is 0 Å². The molecule has 1 aromatic carbocycles. The third kappa shape index (κ3) is 5.28. The van der Waals surface area contributed by atoms with E-state index >= 15 is 0 Å². The highest BCUT2D eigenvalue weighted by Gasteiger charge is 2.05. The molecule has 0 saturated carbocycles. The van der Waals surface area contributed by atoms with Crippen molar-refractivity contribution >= 4 is 5.96 Å². The Kier molecular flexibility index (Phi) is 6.40. The molecule has 0 spiro atoms. The number of para-hydroxylation sites is 1. The molecule has 1 heterocycles. The van der Waals surface area contributed by atoms with Crippen LogP contribution < -0.4 is 15.4 Å². The highest BCUT2D eigenvalue weighted by Crippen LogP contribution is 2.18. The van der Waals surface area contributed by atoms with Crippen molar-refractivity contribution < 1.29 is 9.26 Å². The van der Waals surface area contributed by atoms with Gasteiger partial charge in [0.1, 0.15) is 5.75 Å². The molecule has 0 saturated heterocycles. The van der Waals surface area contributed by atoms with Crippen molar-refractivity contribution in [3.8, 4) is 5.75 Å². The van der Waals surface area contributed by atoms with Crippen LogP contribution in [0.5, 0.6) is 5.75 Å². The minimum atomic E-state index is 0.455. The molecule has 1 aromatic heterocycles. The van der Waals surface area contributed by atoms with E-state index in [0.29, 0.717) is 37.4 Å². The number of benzene rings is 1. The minimum absolute atomic E-state index is 0.455. The zero-order valence-electron chi connectivity index (χ0n) is 13.8. The van der Waals surface area contributed by atoms with Crippen molar-refractivity contribution in [3.63, 3.8) is 0 Å². The van der Waals surface area contributed by atoms with Crippen LogP contribution in [0.3, 0.4) is 0 Å². The van der Waals surface area contributed by atoms with Crippen LogP contribution in [0, 0.1) is 6.92 Å². The van der Waals surface area contributed by atoms with Gasteiger partial charge in [-0.2, -0.15) is 4.98 Å². The molecule has 23 heavy (non-hydrogen) atoms. The Morgan fingerprint density at radius 1 is 1.26 bits per heavy atom. The lowest BCUT2D eigenvalue weighted by Gasteiger charge is -2.11. The van der Waals surface area contributed by atoms with E-state index in [1.807, 2.05) is 38.1 Å². The molecule has 7 nitrogen and oxygen atoms in total. The van der Waals surface area contributed by atoms with Crippen molar-refractivity contribution in [1.82, 2.24) is 20.8 Å². The summed E-state index contributed by atoms with van der Waals surface area (Å²) < 4.78 is 10.6. The molecular weight excluding hydrogens is 294 g/mol. The Morgan fingerprint density at radius 2 is 2.09 bits per heavy atom. The first kappa shape index (κ1) is 16.8. The Morgan fingerprint density at radius 3 is 2.78 bits per heavy atom. The maximum Gasteiger partial charge on any atom is 0.223 e. The quantitative estimate of drug-likeness (QED) is 0.600. The van der Waals surface area contributed by atoms with Gasteiger partial charge in [-0.15, -0.1) is 0 Å². The first-order valence-electron chi connectivity index (χ1n) is 7.75. The first-order valence-corrected chi connectivity index (χ1v) is 7.75. The van der Waals surface area contributed by atoms with Gasteiger partial charge in [0.15, 0.2) is 11.8 Å². The molecule has 7 heteroatoms. The van der Waals surface area contributed by atoms with Crippen molar-refractivity contribution in [1.29, 1.82) is 0 Å². The van der Waals surface area contributed by atoms with Crippen LogP contribution in [0.1, 0.15) is 31.1 Å². The molecule has 0 aliphatic heterocycles. The number of aromatic nitrogens is 2. The van der Waals surface area contributed by atoms with Crippen molar-refractivity contribution in [2.24, 2.45) is 4.99 Å². The number of nitrogens with zero attached hydrogens (tertiary/aromatic N) is 3. The Bertz CT molecular complexity index is 639. The number of aryl methyl sites for hydroxylation is 1. The molecule has 0 amide bonds. The monoisotopic (exact) mass is 317 g/mol. The van der Waals surface area contributed by atoms with Gasteiger partial charge in [0, 0.05) is 19.0 Å². The van der Waals surface area contributed by atoms with Crippen molar-refractivity contribution in [3.05, 3.63) is 41.5 Å². The zero-order chi connectivity index (χ0) is 16.5. The van der Waals surface area contributed by atoms with E-state index in [9.17, 15) is 0 Å². The molecule has 2 N–H and O–H groups in total. The van der Waals surface area contributed by atoms with Gasteiger partial charge in [-0.05, 0) is 19.9 Å². The summed E-state index contributed by atoms with van der Waals surface area (Å²) in [6.07, 6.45) is 0. The lowest BCUT2D eigenvalue weighted by molar-refractivity contribution is 0.336. The van der Waals surface area contributed by atoms with Crippen molar-refractivity contribution in [2.45, 2.75) is 33.9 Å². The van der Waals surface area contributed by atoms with Crippen LogP contribution in [0.25, 0.3) is 0 Å². The Labute approximate surface area is 136 Å². The van der Waals surface area contributed by atoms with Gasteiger partial charge in [-0.1, -0.05) is 23.4 Å². The molecule has 2 rings (SSSR count). The standard InChI is InChI=1S/C16H23N5O2/c1-4-17-16(19-11-15-20-12(3)23-21-15)18-10-13-8-6-7-9-14(13)22-5-2/h6-9H,4-5,10-11H2,1-3H3,(H2,17,18,19).